The summed E-state index contributed by atoms with van der Waals surface area (Å²) in [6, 6.07) is 5.28. The van der Waals surface area contributed by atoms with E-state index in [0.29, 0.717) is 5.56 Å². The van der Waals surface area contributed by atoms with Gasteiger partial charge in [-0.1, -0.05) is 12.1 Å². The third-order valence-corrected chi connectivity index (χ3v) is 3.23. The molecule has 0 aliphatic rings. The lowest BCUT2D eigenvalue weighted by Crippen LogP contribution is -2.53. The van der Waals surface area contributed by atoms with Crippen molar-refractivity contribution in [3.63, 3.8) is 0 Å². The highest BCUT2D eigenvalue weighted by atomic mass is 16.6. The number of nitrogens with zero attached hydrogens (tertiary/aromatic N) is 2. The standard InChI is InChI=1S/C13H17N3O5/c1-13(2,11(17)18)15(3)12(19)14-8-9-5-4-6-10(7-9)16(20)21/h4-7H,8H2,1-3H3,(H,14,19)(H,17,18). The quantitative estimate of drug-likeness (QED) is 0.632. The Kier molecular flexibility index (Phi) is 4.85. The number of non-ortho nitro benzene ring substituents is 1. The van der Waals surface area contributed by atoms with Gasteiger partial charge in [-0.05, 0) is 19.4 Å². The van der Waals surface area contributed by atoms with Crippen molar-refractivity contribution in [2.24, 2.45) is 0 Å². The van der Waals surface area contributed by atoms with Gasteiger partial charge in [0.15, 0.2) is 0 Å². The third-order valence-electron chi connectivity index (χ3n) is 3.23. The molecular weight excluding hydrogens is 278 g/mol. The lowest BCUT2D eigenvalue weighted by molar-refractivity contribution is -0.384. The number of nitrogens with one attached hydrogen (secondary N) is 1. The number of carboxylic acids is 1. The first-order valence-electron chi connectivity index (χ1n) is 6.14. The minimum absolute atomic E-state index is 0.0685. The number of hydrogen-bond donors (Lipinski definition) is 2. The minimum atomic E-state index is -1.35. The highest BCUT2D eigenvalue weighted by Gasteiger charge is 2.35. The zero-order valence-electron chi connectivity index (χ0n) is 12.0. The van der Waals surface area contributed by atoms with Crippen LogP contribution in [0.2, 0.25) is 0 Å². The first kappa shape index (κ1) is 16.4. The molecule has 0 aliphatic heterocycles. The smallest absolute Gasteiger partial charge is 0.329 e. The van der Waals surface area contributed by atoms with Crippen molar-refractivity contribution in [3.05, 3.63) is 39.9 Å². The van der Waals surface area contributed by atoms with Crippen molar-refractivity contribution >= 4 is 17.7 Å². The van der Waals surface area contributed by atoms with Gasteiger partial charge in [-0.25, -0.2) is 9.59 Å². The van der Waals surface area contributed by atoms with E-state index >= 15 is 0 Å². The number of benzene rings is 1. The van der Waals surface area contributed by atoms with Crippen molar-refractivity contribution in [3.8, 4) is 0 Å². The van der Waals surface area contributed by atoms with Gasteiger partial charge in [0.25, 0.3) is 5.69 Å². The average molecular weight is 295 g/mol. The van der Waals surface area contributed by atoms with E-state index in [2.05, 4.69) is 5.32 Å². The molecule has 114 valence electrons. The fraction of sp³-hybridized carbons (Fsp3) is 0.385. The summed E-state index contributed by atoms with van der Waals surface area (Å²) in [5, 5.41) is 22.2. The minimum Gasteiger partial charge on any atom is -0.480 e. The fourth-order valence-corrected chi connectivity index (χ4v) is 1.47. The molecule has 21 heavy (non-hydrogen) atoms. The van der Waals surface area contributed by atoms with Gasteiger partial charge >= 0.3 is 12.0 Å². The average Bonchev–Trinajstić information content (AvgIpc) is 2.43. The normalized spacial score (nSPS) is 10.8. The summed E-state index contributed by atoms with van der Waals surface area (Å²) < 4.78 is 0. The van der Waals surface area contributed by atoms with Gasteiger partial charge in [-0.2, -0.15) is 0 Å². The van der Waals surface area contributed by atoms with Crippen LogP contribution in [0.3, 0.4) is 0 Å². The van der Waals surface area contributed by atoms with Gasteiger partial charge in [0.1, 0.15) is 5.54 Å². The molecular formula is C13H17N3O5. The summed E-state index contributed by atoms with van der Waals surface area (Å²) in [4.78, 5) is 34.2. The maximum absolute atomic E-state index is 11.9. The van der Waals surface area contributed by atoms with Gasteiger partial charge in [-0.3, -0.25) is 10.1 Å². The number of rotatable bonds is 5. The maximum Gasteiger partial charge on any atom is 0.329 e. The second kappa shape index (κ2) is 6.21. The molecule has 0 bridgehead atoms. The summed E-state index contributed by atoms with van der Waals surface area (Å²) in [5.41, 5.74) is -0.868. The zero-order valence-corrected chi connectivity index (χ0v) is 12.0. The Balaban J connectivity index is 2.71. The van der Waals surface area contributed by atoms with Gasteiger partial charge in [-0.15, -0.1) is 0 Å². The molecule has 0 unspecified atom stereocenters. The van der Waals surface area contributed by atoms with Gasteiger partial charge in [0.2, 0.25) is 0 Å². The predicted octanol–water partition coefficient (Wildman–Crippen LogP) is 1.60. The second-order valence-electron chi connectivity index (χ2n) is 5.01. The van der Waals surface area contributed by atoms with E-state index in [1.807, 2.05) is 0 Å². The van der Waals surface area contributed by atoms with Gasteiger partial charge < -0.3 is 15.3 Å². The molecule has 2 amide bonds. The van der Waals surface area contributed by atoms with Crippen LogP contribution in [-0.4, -0.2) is 39.5 Å². The number of hydrogen-bond acceptors (Lipinski definition) is 4. The number of nitro groups is 1. The topological polar surface area (TPSA) is 113 Å². The molecule has 1 aromatic rings. The number of urea groups is 1. The molecule has 0 radical (unpaired) electrons. The molecule has 1 aromatic carbocycles. The number of aliphatic carboxylic acids is 1. The first-order chi connectivity index (χ1) is 9.66. The molecule has 0 aliphatic carbocycles. The number of amides is 2. The molecule has 0 fully saturated rings. The molecule has 0 saturated heterocycles. The molecule has 0 aromatic heterocycles. The fourth-order valence-electron chi connectivity index (χ4n) is 1.47. The Hall–Kier alpha value is -2.64. The van der Waals surface area contributed by atoms with Gasteiger partial charge in [0, 0.05) is 25.7 Å². The van der Waals surface area contributed by atoms with Crippen molar-refractivity contribution in [1.82, 2.24) is 10.2 Å². The van der Waals surface area contributed by atoms with Crippen LogP contribution in [0.1, 0.15) is 19.4 Å². The van der Waals surface area contributed by atoms with Crippen LogP contribution in [0.15, 0.2) is 24.3 Å². The van der Waals surface area contributed by atoms with Crippen LogP contribution in [0.25, 0.3) is 0 Å². The van der Waals surface area contributed by atoms with Crippen LogP contribution < -0.4 is 5.32 Å². The van der Waals surface area contributed by atoms with Gasteiger partial charge in [0.05, 0.1) is 4.92 Å². The monoisotopic (exact) mass is 295 g/mol. The van der Waals surface area contributed by atoms with E-state index < -0.39 is 22.5 Å². The molecule has 1 rings (SSSR count). The molecule has 0 heterocycles. The summed E-state index contributed by atoms with van der Waals surface area (Å²) in [6.07, 6.45) is 0. The Morgan fingerprint density at radius 1 is 1.43 bits per heavy atom. The first-order valence-corrected chi connectivity index (χ1v) is 6.14. The Morgan fingerprint density at radius 3 is 2.57 bits per heavy atom. The summed E-state index contributed by atoms with van der Waals surface area (Å²) in [5.74, 6) is -1.13. The van der Waals surface area contributed by atoms with Crippen LogP contribution in [0.4, 0.5) is 10.5 Å². The number of likely N-dealkylation sites (N-methyl/N-ethyl adjacent to an activating group) is 1. The molecule has 8 nitrogen and oxygen atoms in total. The summed E-state index contributed by atoms with van der Waals surface area (Å²) in [6.45, 7) is 2.88. The molecule has 2 N–H and O–H groups in total. The summed E-state index contributed by atoms with van der Waals surface area (Å²) in [7, 11) is 1.37. The highest BCUT2D eigenvalue weighted by molar-refractivity contribution is 5.85. The van der Waals surface area contributed by atoms with Crippen LogP contribution in [0.5, 0.6) is 0 Å². The maximum atomic E-state index is 11.9. The molecule has 8 heteroatoms. The van der Waals surface area contributed by atoms with Crippen LogP contribution in [-0.2, 0) is 11.3 Å². The molecule has 0 atom stereocenters. The lowest BCUT2D eigenvalue weighted by atomic mass is 10.1. The number of carbonyl (C=O) groups excluding carboxylic acids is 1. The Bertz CT molecular complexity index is 571. The lowest BCUT2D eigenvalue weighted by Gasteiger charge is -2.31. The van der Waals surface area contributed by atoms with E-state index in [1.54, 1.807) is 6.07 Å². The SMILES string of the molecule is CN(C(=O)NCc1cccc([N+](=O)[O-])c1)C(C)(C)C(=O)O. The van der Waals surface area contributed by atoms with Crippen LogP contribution in [0, 0.1) is 10.1 Å². The van der Waals surface area contributed by atoms with E-state index in [-0.39, 0.29) is 12.2 Å². The molecule has 0 spiro atoms. The van der Waals surface area contributed by atoms with Crippen molar-refractivity contribution in [2.45, 2.75) is 25.9 Å². The van der Waals surface area contributed by atoms with Crippen molar-refractivity contribution in [1.29, 1.82) is 0 Å². The van der Waals surface area contributed by atoms with Crippen LogP contribution >= 0.6 is 0 Å². The Morgan fingerprint density at radius 2 is 2.05 bits per heavy atom. The van der Waals surface area contributed by atoms with E-state index in [0.717, 1.165) is 4.90 Å². The zero-order chi connectivity index (χ0) is 16.2. The largest absolute Gasteiger partial charge is 0.480 e. The van der Waals surface area contributed by atoms with E-state index in [1.165, 1.54) is 39.1 Å². The summed E-state index contributed by atoms with van der Waals surface area (Å²) >= 11 is 0. The van der Waals surface area contributed by atoms with E-state index in [9.17, 15) is 19.7 Å². The highest BCUT2D eigenvalue weighted by Crippen LogP contribution is 2.14. The molecule has 0 saturated carbocycles. The Labute approximate surface area is 121 Å². The van der Waals surface area contributed by atoms with Crippen molar-refractivity contribution < 1.29 is 19.6 Å². The van der Waals surface area contributed by atoms with E-state index in [4.69, 9.17) is 5.11 Å². The van der Waals surface area contributed by atoms with Crippen molar-refractivity contribution in [2.75, 3.05) is 7.05 Å². The predicted molar refractivity (Wildman–Crippen MR) is 74.8 cm³/mol. The second-order valence-corrected chi connectivity index (χ2v) is 5.01. The third kappa shape index (κ3) is 3.91. The number of carbonyl (C=O) groups is 2. The number of nitro benzene ring substituents is 1. The number of carboxylic acid groups (broad SMARTS) is 1.